The minimum absolute atomic E-state index is 0. The second-order valence-electron chi connectivity index (χ2n) is 3.41. The summed E-state index contributed by atoms with van der Waals surface area (Å²) in [5.41, 5.74) is 0.0620. The standard InChI is InChI=1S/C12H8N2O4.H2O/c15-11(16)9-7(3-1-5-13-9)8-4-2-6-14-10(8)12(17)18;/h1-6H,(H,15,16)(H,17,18);1H2. The highest BCUT2D eigenvalue weighted by atomic mass is 16.4. The van der Waals surface area contributed by atoms with Gasteiger partial charge in [-0.2, -0.15) is 0 Å². The van der Waals surface area contributed by atoms with Gasteiger partial charge in [-0.15, -0.1) is 0 Å². The van der Waals surface area contributed by atoms with Crippen molar-refractivity contribution in [1.82, 2.24) is 9.97 Å². The molecule has 0 aliphatic rings. The molecule has 2 rings (SSSR count). The Labute approximate surface area is 107 Å². The van der Waals surface area contributed by atoms with Crippen LogP contribution in [-0.4, -0.2) is 37.6 Å². The molecule has 2 aromatic heterocycles. The molecule has 0 saturated heterocycles. The lowest BCUT2D eigenvalue weighted by molar-refractivity contribution is 0.0678. The lowest BCUT2D eigenvalue weighted by Crippen LogP contribution is -2.07. The fourth-order valence-electron chi connectivity index (χ4n) is 1.59. The Morgan fingerprint density at radius 3 is 1.53 bits per heavy atom. The van der Waals surface area contributed by atoms with Crippen LogP contribution in [0.2, 0.25) is 0 Å². The highest BCUT2D eigenvalue weighted by molar-refractivity contribution is 5.99. The molecule has 0 fully saturated rings. The van der Waals surface area contributed by atoms with E-state index in [0.29, 0.717) is 0 Å². The van der Waals surface area contributed by atoms with E-state index in [2.05, 4.69) is 9.97 Å². The molecule has 0 aliphatic carbocycles. The molecule has 2 aromatic rings. The van der Waals surface area contributed by atoms with Crippen LogP contribution in [0.15, 0.2) is 36.7 Å². The third-order valence-electron chi connectivity index (χ3n) is 2.31. The largest absolute Gasteiger partial charge is 0.476 e. The van der Waals surface area contributed by atoms with Gasteiger partial charge in [0.05, 0.1) is 0 Å². The van der Waals surface area contributed by atoms with E-state index in [9.17, 15) is 9.59 Å². The predicted molar refractivity (Wildman–Crippen MR) is 65.0 cm³/mol. The highest BCUT2D eigenvalue weighted by Crippen LogP contribution is 2.24. The molecule has 98 valence electrons. The Bertz CT molecular complexity index is 572. The molecule has 0 aliphatic heterocycles. The molecule has 7 nitrogen and oxygen atoms in total. The molecule has 7 heteroatoms. The third kappa shape index (κ3) is 2.72. The number of carboxylic acid groups (broad SMARTS) is 2. The van der Waals surface area contributed by atoms with Crippen LogP contribution in [-0.2, 0) is 0 Å². The number of carbonyl (C=O) groups is 2. The monoisotopic (exact) mass is 262 g/mol. The fourth-order valence-corrected chi connectivity index (χ4v) is 1.59. The van der Waals surface area contributed by atoms with Crippen molar-refractivity contribution in [3.63, 3.8) is 0 Å². The average molecular weight is 262 g/mol. The Morgan fingerprint density at radius 1 is 0.842 bits per heavy atom. The smallest absolute Gasteiger partial charge is 0.355 e. The first-order chi connectivity index (χ1) is 8.61. The van der Waals surface area contributed by atoms with Gasteiger partial charge in [-0.1, -0.05) is 12.1 Å². The number of rotatable bonds is 3. The summed E-state index contributed by atoms with van der Waals surface area (Å²) >= 11 is 0. The molecular formula is C12H10N2O5. The summed E-state index contributed by atoms with van der Waals surface area (Å²) in [5, 5.41) is 18.1. The molecule has 0 bridgehead atoms. The van der Waals surface area contributed by atoms with Crippen LogP contribution in [0.4, 0.5) is 0 Å². The average Bonchev–Trinajstić information content (AvgIpc) is 2.38. The SMILES string of the molecule is O.O=C(O)c1ncccc1-c1cccnc1C(=O)O. The van der Waals surface area contributed by atoms with Crippen LogP contribution in [0.3, 0.4) is 0 Å². The number of nitrogens with zero attached hydrogens (tertiary/aromatic N) is 2. The minimum Gasteiger partial charge on any atom is -0.476 e. The summed E-state index contributed by atoms with van der Waals surface area (Å²) < 4.78 is 0. The first kappa shape index (κ1) is 14.3. The molecule has 4 N–H and O–H groups in total. The maximum atomic E-state index is 11.0. The predicted octanol–water partition coefficient (Wildman–Crippen LogP) is 0.715. The summed E-state index contributed by atoms with van der Waals surface area (Å²) in [6.45, 7) is 0. The molecular weight excluding hydrogens is 252 g/mol. The molecule has 0 unspecified atom stereocenters. The van der Waals surface area contributed by atoms with Crippen molar-refractivity contribution < 1.29 is 25.3 Å². The number of aromatic carboxylic acids is 2. The maximum absolute atomic E-state index is 11.0. The van der Waals surface area contributed by atoms with Crippen molar-refractivity contribution in [1.29, 1.82) is 0 Å². The molecule has 0 saturated carbocycles. The van der Waals surface area contributed by atoms with E-state index in [4.69, 9.17) is 10.2 Å². The van der Waals surface area contributed by atoms with Crippen LogP contribution in [0.1, 0.15) is 21.0 Å². The second-order valence-corrected chi connectivity index (χ2v) is 3.41. The van der Waals surface area contributed by atoms with Gasteiger partial charge >= 0.3 is 11.9 Å². The molecule has 2 heterocycles. The van der Waals surface area contributed by atoms with Gasteiger partial charge in [0, 0.05) is 23.5 Å². The zero-order valence-corrected chi connectivity index (χ0v) is 9.57. The van der Waals surface area contributed by atoms with Gasteiger partial charge in [0.25, 0.3) is 0 Å². The molecule has 0 amide bonds. The van der Waals surface area contributed by atoms with Gasteiger partial charge in [0.1, 0.15) is 0 Å². The topological polar surface area (TPSA) is 132 Å². The summed E-state index contributed by atoms with van der Waals surface area (Å²) in [6.07, 6.45) is 2.67. The van der Waals surface area contributed by atoms with Gasteiger partial charge < -0.3 is 15.7 Å². The number of carboxylic acids is 2. The lowest BCUT2D eigenvalue weighted by Gasteiger charge is -2.07. The van der Waals surface area contributed by atoms with Crippen molar-refractivity contribution in [2.75, 3.05) is 0 Å². The summed E-state index contributed by atoms with van der Waals surface area (Å²) in [6, 6.07) is 6.08. The van der Waals surface area contributed by atoms with E-state index in [1.165, 1.54) is 24.5 Å². The van der Waals surface area contributed by atoms with Gasteiger partial charge in [-0.3, -0.25) is 0 Å². The van der Waals surface area contributed by atoms with Gasteiger partial charge in [0.15, 0.2) is 11.4 Å². The normalized spacial score (nSPS) is 9.47. The Balaban J connectivity index is 0.00000180. The number of aromatic nitrogens is 2. The molecule has 0 aromatic carbocycles. The van der Waals surface area contributed by atoms with Crippen molar-refractivity contribution in [2.45, 2.75) is 0 Å². The molecule has 0 spiro atoms. The zero-order valence-electron chi connectivity index (χ0n) is 9.57. The first-order valence-corrected chi connectivity index (χ1v) is 4.98. The highest BCUT2D eigenvalue weighted by Gasteiger charge is 2.18. The van der Waals surface area contributed by atoms with Gasteiger partial charge in [-0.25, -0.2) is 19.6 Å². The maximum Gasteiger partial charge on any atom is 0.355 e. The lowest BCUT2D eigenvalue weighted by atomic mass is 10.0. The van der Waals surface area contributed by atoms with Crippen LogP contribution >= 0.6 is 0 Å². The third-order valence-corrected chi connectivity index (χ3v) is 2.31. The van der Waals surface area contributed by atoms with Crippen molar-refractivity contribution in [2.24, 2.45) is 0 Å². The first-order valence-electron chi connectivity index (χ1n) is 4.98. The second kappa shape index (κ2) is 5.69. The van der Waals surface area contributed by atoms with Gasteiger partial charge in [-0.05, 0) is 12.1 Å². The number of hydrogen-bond donors (Lipinski definition) is 2. The van der Waals surface area contributed by atoms with Crippen LogP contribution < -0.4 is 0 Å². The Hall–Kier alpha value is -2.80. The Kier molecular flexibility index (Phi) is 4.27. The van der Waals surface area contributed by atoms with E-state index in [1.54, 1.807) is 12.1 Å². The van der Waals surface area contributed by atoms with E-state index >= 15 is 0 Å². The van der Waals surface area contributed by atoms with Crippen molar-refractivity contribution in [3.8, 4) is 11.1 Å². The number of hydrogen-bond acceptors (Lipinski definition) is 4. The van der Waals surface area contributed by atoms with Crippen molar-refractivity contribution >= 4 is 11.9 Å². The molecule has 0 atom stereocenters. The fraction of sp³-hybridized carbons (Fsp3) is 0. The van der Waals surface area contributed by atoms with E-state index < -0.39 is 11.9 Å². The van der Waals surface area contributed by atoms with Crippen LogP contribution in [0.5, 0.6) is 0 Å². The van der Waals surface area contributed by atoms with Gasteiger partial charge in [0.2, 0.25) is 0 Å². The minimum atomic E-state index is -1.22. The zero-order chi connectivity index (χ0) is 13.1. The quantitative estimate of drug-likeness (QED) is 0.837. The molecule has 19 heavy (non-hydrogen) atoms. The molecule has 0 radical (unpaired) electrons. The number of pyridine rings is 2. The van der Waals surface area contributed by atoms with Crippen LogP contribution in [0.25, 0.3) is 11.1 Å². The summed E-state index contributed by atoms with van der Waals surface area (Å²) in [4.78, 5) is 29.6. The Morgan fingerprint density at radius 2 is 1.21 bits per heavy atom. The van der Waals surface area contributed by atoms with E-state index in [0.717, 1.165) is 0 Å². The van der Waals surface area contributed by atoms with E-state index in [-0.39, 0.29) is 28.0 Å². The van der Waals surface area contributed by atoms with Crippen LogP contribution in [0, 0.1) is 0 Å². The van der Waals surface area contributed by atoms with Crippen molar-refractivity contribution in [3.05, 3.63) is 48.0 Å². The van der Waals surface area contributed by atoms with E-state index in [1.807, 2.05) is 0 Å². The summed E-state index contributed by atoms with van der Waals surface area (Å²) in [7, 11) is 0. The summed E-state index contributed by atoms with van der Waals surface area (Å²) in [5.74, 6) is -2.43.